The highest BCUT2D eigenvalue weighted by atomic mass is 32.2. The van der Waals surface area contributed by atoms with Gasteiger partial charge in [0.1, 0.15) is 4.32 Å². The molecule has 1 N–H and O–H groups in total. The van der Waals surface area contributed by atoms with Gasteiger partial charge in [0.05, 0.1) is 4.91 Å². The summed E-state index contributed by atoms with van der Waals surface area (Å²) in [6.07, 6.45) is 10.2. The molecule has 0 unspecified atom stereocenters. The molecule has 2 aliphatic rings. The van der Waals surface area contributed by atoms with E-state index in [0.29, 0.717) is 22.2 Å². The van der Waals surface area contributed by atoms with E-state index in [-0.39, 0.29) is 12.3 Å². The Morgan fingerprint density at radius 1 is 1.21 bits per heavy atom. The number of carboxylic acid groups (broad SMARTS) is 1. The zero-order valence-corrected chi connectivity index (χ0v) is 18.0. The van der Waals surface area contributed by atoms with Crippen molar-refractivity contribution in [3.05, 3.63) is 59.2 Å². The van der Waals surface area contributed by atoms with Crippen LogP contribution < -0.4 is 4.90 Å². The van der Waals surface area contributed by atoms with Crippen LogP contribution in [0.1, 0.15) is 38.2 Å². The summed E-state index contributed by atoms with van der Waals surface area (Å²) in [5, 5.41) is 8.69. The van der Waals surface area contributed by atoms with Gasteiger partial charge in [-0.2, -0.15) is 0 Å². The number of carbonyl (C=O) groups excluding carboxylic acids is 1. The first kappa shape index (κ1) is 21.3. The summed E-state index contributed by atoms with van der Waals surface area (Å²) in [4.78, 5) is 27.7. The predicted octanol–water partition coefficient (Wildman–Crippen LogP) is 4.81. The standard InChI is InChI=1S/C22H24N2O3S2/c1-2-23-15-13-16(17-8-5-6-9-18(17)23)11-12-19-21(27)24(22(28)29-19)14-7-3-4-10-20(25)26/h5-6,8-9,11-13,15H,2-4,7,10,14H2,1H3,(H,25,26)/b16-11+,19-12-. The molecule has 3 rings (SSSR count). The third kappa shape index (κ3) is 5.16. The zero-order valence-electron chi connectivity index (χ0n) is 16.3. The van der Waals surface area contributed by atoms with E-state index in [1.807, 2.05) is 24.3 Å². The van der Waals surface area contributed by atoms with Crippen LogP contribution in [0.5, 0.6) is 0 Å². The van der Waals surface area contributed by atoms with Gasteiger partial charge in [-0.25, -0.2) is 0 Å². The van der Waals surface area contributed by atoms with Crippen LogP contribution in [0.4, 0.5) is 5.69 Å². The zero-order chi connectivity index (χ0) is 20.8. The minimum absolute atomic E-state index is 0.0710. The van der Waals surface area contributed by atoms with Crippen LogP contribution in [0.25, 0.3) is 5.57 Å². The van der Waals surface area contributed by atoms with E-state index in [9.17, 15) is 9.59 Å². The number of fused-ring (bicyclic) bond motifs is 1. The minimum Gasteiger partial charge on any atom is -0.481 e. The number of thioether (sulfide) groups is 1. The first-order chi connectivity index (χ1) is 14.0. The maximum absolute atomic E-state index is 12.7. The van der Waals surface area contributed by atoms with Crippen molar-refractivity contribution in [1.82, 2.24) is 4.90 Å². The number of benzene rings is 1. The van der Waals surface area contributed by atoms with Gasteiger partial charge in [-0.15, -0.1) is 0 Å². The molecule has 1 amide bonds. The van der Waals surface area contributed by atoms with Crippen LogP contribution in [-0.2, 0) is 9.59 Å². The molecule has 5 nitrogen and oxygen atoms in total. The largest absolute Gasteiger partial charge is 0.481 e. The van der Waals surface area contributed by atoms with E-state index >= 15 is 0 Å². The second-order valence-corrected chi connectivity index (χ2v) is 8.48. The summed E-state index contributed by atoms with van der Waals surface area (Å²) in [5.74, 6) is -0.856. The molecule has 29 heavy (non-hydrogen) atoms. The summed E-state index contributed by atoms with van der Waals surface area (Å²) in [7, 11) is 0. The molecule has 0 spiro atoms. The van der Waals surface area contributed by atoms with Gasteiger partial charge in [0.25, 0.3) is 5.91 Å². The average molecular weight is 429 g/mol. The number of carboxylic acids is 1. The van der Waals surface area contributed by atoms with Crippen LogP contribution in [0.15, 0.2) is 53.6 Å². The molecule has 0 aromatic heterocycles. The van der Waals surface area contributed by atoms with Gasteiger partial charge in [0.15, 0.2) is 0 Å². The third-order valence-electron chi connectivity index (χ3n) is 4.86. The van der Waals surface area contributed by atoms with Crippen molar-refractivity contribution in [3.8, 4) is 0 Å². The highest BCUT2D eigenvalue weighted by Crippen LogP contribution is 2.35. The number of nitrogens with zero attached hydrogens (tertiary/aromatic N) is 2. The maximum atomic E-state index is 12.7. The summed E-state index contributed by atoms with van der Waals surface area (Å²) in [5.41, 5.74) is 3.36. The smallest absolute Gasteiger partial charge is 0.303 e. The number of para-hydroxylation sites is 1. The number of allylic oxidation sites excluding steroid dienone is 4. The first-order valence-electron chi connectivity index (χ1n) is 9.73. The van der Waals surface area contributed by atoms with Gasteiger partial charge in [0, 0.05) is 37.0 Å². The molecule has 7 heteroatoms. The molecule has 1 aromatic rings. The van der Waals surface area contributed by atoms with E-state index in [1.54, 1.807) is 4.90 Å². The number of thiocarbonyl (C=S) groups is 1. The van der Waals surface area contributed by atoms with Crippen LogP contribution in [0.2, 0.25) is 0 Å². The lowest BCUT2D eigenvalue weighted by atomic mass is 9.99. The number of amides is 1. The van der Waals surface area contributed by atoms with Crippen LogP contribution in [0, 0.1) is 0 Å². The molecule has 152 valence electrons. The molecule has 1 aromatic carbocycles. The fraction of sp³-hybridized carbons (Fsp3) is 0.318. The Morgan fingerprint density at radius 2 is 2.00 bits per heavy atom. The van der Waals surface area contributed by atoms with E-state index in [0.717, 1.165) is 36.2 Å². The minimum atomic E-state index is -0.785. The van der Waals surface area contributed by atoms with Crippen LogP contribution in [-0.4, -0.2) is 39.3 Å². The first-order valence-corrected chi connectivity index (χ1v) is 11.0. The Bertz CT molecular complexity index is 905. The van der Waals surface area contributed by atoms with Gasteiger partial charge in [0.2, 0.25) is 0 Å². The Balaban J connectivity index is 1.68. The number of rotatable bonds is 8. The molecule has 1 fully saturated rings. The summed E-state index contributed by atoms with van der Waals surface area (Å²) < 4.78 is 0.564. The number of unbranched alkanes of at least 4 members (excludes halogenated alkanes) is 2. The average Bonchev–Trinajstić information content (AvgIpc) is 2.98. The van der Waals surface area contributed by atoms with Gasteiger partial charge in [-0.1, -0.05) is 54.7 Å². The summed E-state index contributed by atoms with van der Waals surface area (Å²) >= 11 is 6.69. The molecule has 1 saturated heterocycles. The van der Waals surface area contributed by atoms with Crippen LogP contribution >= 0.6 is 24.0 Å². The lowest BCUT2D eigenvalue weighted by Crippen LogP contribution is -2.29. The Hall–Kier alpha value is -2.38. The monoisotopic (exact) mass is 428 g/mol. The number of carbonyl (C=O) groups is 2. The fourth-order valence-electron chi connectivity index (χ4n) is 3.32. The topological polar surface area (TPSA) is 60.9 Å². The van der Waals surface area contributed by atoms with Gasteiger partial charge in [-0.05, 0) is 43.6 Å². The Kier molecular flexibility index (Phi) is 7.28. The number of anilines is 1. The summed E-state index contributed by atoms with van der Waals surface area (Å²) in [6.45, 7) is 3.54. The lowest BCUT2D eigenvalue weighted by molar-refractivity contribution is -0.137. The molecule has 2 heterocycles. The predicted molar refractivity (Wildman–Crippen MR) is 123 cm³/mol. The van der Waals surface area contributed by atoms with Gasteiger partial charge in [-0.3, -0.25) is 14.5 Å². The molecule has 0 radical (unpaired) electrons. The summed E-state index contributed by atoms with van der Waals surface area (Å²) in [6, 6.07) is 8.23. The van der Waals surface area contributed by atoms with Crippen molar-refractivity contribution in [3.63, 3.8) is 0 Å². The van der Waals surface area contributed by atoms with Crippen molar-refractivity contribution in [1.29, 1.82) is 0 Å². The SMILES string of the molecule is CCN1C=C/C(=C\C=C2/SC(=S)N(CCCCCC(=O)O)C2=O)c2ccccc21. The maximum Gasteiger partial charge on any atom is 0.303 e. The Labute approximate surface area is 180 Å². The van der Waals surface area contributed by atoms with Crippen molar-refractivity contribution in [2.45, 2.75) is 32.6 Å². The number of hydrogen-bond acceptors (Lipinski definition) is 5. The Morgan fingerprint density at radius 3 is 2.76 bits per heavy atom. The van der Waals surface area contributed by atoms with Crippen molar-refractivity contribution < 1.29 is 14.7 Å². The molecular formula is C22H24N2O3S2. The second kappa shape index (κ2) is 9.89. The fourth-order valence-corrected chi connectivity index (χ4v) is 4.57. The molecule has 2 aliphatic heterocycles. The van der Waals surface area contributed by atoms with Gasteiger partial charge < -0.3 is 10.0 Å². The number of hydrogen-bond donors (Lipinski definition) is 1. The molecule has 0 atom stereocenters. The molecule has 0 aliphatic carbocycles. The van der Waals surface area contributed by atoms with E-state index < -0.39 is 5.97 Å². The highest BCUT2D eigenvalue weighted by molar-refractivity contribution is 8.26. The molecule has 0 saturated carbocycles. The normalized spacial score (nSPS) is 18.8. The lowest BCUT2D eigenvalue weighted by Gasteiger charge is -2.26. The second-order valence-electron chi connectivity index (χ2n) is 6.80. The van der Waals surface area contributed by atoms with E-state index in [4.69, 9.17) is 17.3 Å². The van der Waals surface area contributed by atoms with Crippen LogP contribution in [0.3, 0.4) is 0 Å². The van der Waals surface area contributed by atoms with E-state index in [2.05, 4.69) is 36.2 Å². The highest BCUT2D eigenvalue weighted by Gasteiger charge is 2.31. The van der Waals surface area contributed by atoms with Crippen molar-refractivity contribution in [2.75, 3.05) is 18.0 Å². The van der Waals surface area contributed by atoms with Crippen molar-refractivity contribution in [2.24, 2.45) is 0 Å². The molecule has 0 bridgehead atoms. The van der Waals surface area contributed by atoms with Gasteiger partial charge >= 0.3 is 5.97 Å². The third-order valence-corrected chi connectivity index (χ3v) is 6.26. The molecular weight excluding hydrogens is 404 g/mol. The van der Waals surface area contributed by atoms with E-state index in [1.165, 1.54) is 11.8 Å². The number of aliphatic carboxylic acids is 1. The van der Waals surface area contributed by atoms with Crippen molar-refractivity contribution >= 4 is 51.4 Å². The quantitative estimate of drug-likeness (QED) is 0.364.